The van der Waals surface area contributed by atoms with E-state index in [9.17, 15) is 0 Å². The number of rotatable bonds is 2. The second-order valence-electron chi connectivity index (χ2n) is 5.29. The van der Waals surface area contributed by atoms with Crippen molar-refractivity contribution in [2.24, 2.45) is 5.92 Å². The first-order valence-corrected chi connectivity index (χ1v) is 7.32. The van der Waals surface area contributed by atoms with Crippen LogP contribution in [0.15, 0.2) is 29.0 Å². The van der Waals surface area contributed by atoms with Crippen LogP contribution in [0.3, 0.4) is 0 Å². The quantitative estimate of drug-likeness (QED) is 0.850. The number of nitrogens with zero attached hydrogens (tertiary/aromatic N) is 3. The van der Waals surface area contributed by atoms with E-state index in [1.165, 1.54) is 37.3 Å². The molecular weight excluding hydrogens is 290 g/mol. The molecule has 4 heteroatoms. The highest BCUT2D eigenvalue weighted by Gasteiger charge is 2.19. The number of halogens is 1. The van der Waals surface area contributed by atoms with Crippen molar-refractivity contribution in [2.75, 3.05) is 20.1 Å². The number of piperidine rings is 1. The molecule has 3 rings (SSSR count). The van der Waals surface area contributed by atoms with E-state index in [4.69, 9.17) is 0 Å². The summed E-state index contributed by atoms with van der Waals surface area (Å²) in [6.45, 7) is 2.44. The highest BCUT2D eigenvalue weighted by molar-refractivity contribution is 9.10. The molecule has 0 bridgehead atoms. The molecular formula is C14H18BrN3. The van der Waals surface area contributed by atoms with Crippen molar-refractivity contribution in [1.82, 2.24) is 14.3 Å². The molecule has 1 atom stereocenters. The van der Waals surface area contributed by atoms with E-state index in [1.54, 1.807) is 0 Å². The molecule has 1 saturated heterocycles. The van der Waals surface area contributed by atoms with Gasteiger partial charge in [0.1, 0.15) is 5.82 Å². The Labute approximate surface area is 116 Å². The van der Waals surface area contributed by atoms with Crippen LogP contribution >= 0.6 is 15.9 Å². The van der Waals surface area contributed by atoms with Crippen molar-refractivity contribution in [3.63, 3.8) is 0 Å². The molecule has 1 unspecified atom stereocenters. The van der Waals surface area contributed by atoms with Crippen molar-refractivity contribution in [1.29, 1.82) is 0 Å². The molecule has 0 aliphatic carbocycles. The Kier molecular flexibility index (Phi) is 3.39. The summed E-state index contributed by atoms with van der Waals surface area (Å²) in [6, 6.07) is 4.19. The van der Waals surface area contributed by atoms with Gasteiger partial charge in [0.25, 0.3) is 0 Å². The topological polar surface area (TPSA) is 20.5 Å². The number of pyridine rings is 1. The number of hydrogen-bond acceptors (Lipinski definition) is 2. The minimum Gasteiger partial charge on any atom is -0.306 e. The van der Waals surface area contributed by atoms with Crippen LogP contribution in [0, 0.1) is 5.92 Å². The van der Waals surface area contributed by atoms with Crippen LogP contribution < -0.4 is 0 Å². The zero-order valence-electron chi connectivity index (χ0n) is 10.6. The lowest BCUT2D eigenvalue weighted by atomic mass is 9.95. The number of aromatic nitrogens is 2. The SMILES string of the molecule is CN1CCCC(Cc2ncc3cc(Br)ccn23)C1. The summed E-state index contributed by atoms with van der Waals surface area (Å²) < 4.78 is 3.32. The van der Waals surface area contributed by atoms with Crippen LogP contribution in [0.5, 0.6) is 0 Å². The highest BCUT2D eigenvalue weighted by atomic mass is 79.9. The lowest BCUT2D eigenvalue weighted by Crippen LogP contribution is -2.33. The molecule has 0 saturated carbocycles. The summed E-state index contributed by atoms with van der Waals surface area (Å²) in [5.74, 6) is 1.94. The van der Waals surface area contributed by atoms with Gasteiger partial charge in [-0.1, -0.05) is 15.9 Å². The average molecular weight is 308 g/mol. The second kappa shape index (κ2) is 5.02. The largest absolute Gasteiger partial charge is 0.306 e. The van der Waals surface area contributed by atoms with Crippen LogP contribution in [0.1, 0.15) is 18.7 Å². The third kappa shape index (κ3) is 2.45. The summed E-state index contributed by atoms with van der Waals surface area (Å²) >= 11 is 3.50. The first kappa shape index (κ1) is 12.2. The van der Waals surface area contributed by atoms with Crippen molar-refractivity contribution in [3.05, 3.63) is 34.8 Å². The minimum atomic E-state index is 0.748. The van der Waals surface area contributed by atoms with E-state index in [0.29, 0.717) is 0 Å². The van der Waals surface area contributed by atoms with Gasteiger partial charge in [-0.3, -0.25) is 0 Å². The predicted octanol–water partition coefficient (Wildman–Crippen LogP) is 2.98. The highest BCUT2D eigenvalue weighted by Crippen LogP contribution is 2.21. The molecule has 0 amide bonds. The Morgan fingerprint density at radius 1 is 1.50 bits per heavy atom. The van der Waals surface area contributed by atoms with Gasteiger partial charge < -0.3 is 9.30 Å². The Bertz CT molecular complexity index is 549. The van der Waals surface area contributed by atoms with Gasteiger partial charge >= 0.3 is 0 Å². The molecule has 3 nitrogen and oxygen atoms in total. The first-order chi connectivity index (χ1) is 8.72. The van der Waals surface area contributed by atoms with Crippen LogP contribution in [-0.2, 0) is 6.42 Å². The molecule has 1 aliphatic heterocycles. The van der Waals surface area contributed by atoms with Crippen LogP contribution in [-0.4, -0.2) is 34.4 Å². The van der Waals surface area contributed by atoms with Gasteiger partial charge in [0.05, 0.1) is 11.7 Å². The fourth-order valence-electron chi connectivity index (χ4n) is 2.88. The molecule has 3 heterocycles. The minimum absolute atomic E-state index is 0.748. The van der Waals surface area contributed by atoms with Crippen molar-refractivity contribution in [2.45, 2.75) is 19.3 Å². The third-order valence-corrected chi connectivity index (χ3v) is 4.26. The maximum absolute atomic E-state index is 4.58. The smallest absolute Gasteiger partial charge is 0.113 e. The molecule has 1 fully saturated rings. The average Bonchev–Trinajstić information content (AvgIpc) is 2.72. The molecule has 0 N–H and O–H groups in total. The Hall–Kier alpha value is -0.870. The second-order valence-corrected chi connectivity index (χ2v) is 6.20. The molecule has 0 spiro atoms. The maximum atomic E-state index is 4.58. The Morgan fingerprint density at radius 3 is 3.22 bits per heavy atom. The summed E-state index contributed by atoms with van der Waals surface area (Å²) in [7, 11) is 2.22. The summed E-state index contributed by atoms with van der Waals surface area (Å²) in [5, 5.41) is 0. The summed E-state index contributed by atoms with van der Waals surface area (Å²) in [6.07, 6.45) is 7.80. The van der Waals surface area contributed by atoms with Crippen LogP contribution in [0.2, 0.25) is 0 Å². The molecule has 1 aliphatic rings. The first-order valence-electron chi connectivity index (χ1n) is 6.52. The normalized spacial score (nSPS) is 21.6. The molecule has 0 radical (unpaired) electrons. The van der Waals surface area contributed by atoms with Gasteiger partial charge in [-0.05, 0) is 44.5 Å². The van der Waals surface area contributed by atoms with Gasteiger partial charge in [0, 0.05) is 23.6 Å². The third-order valence-electron chi connectivity index (χ3n) is 3.76. The summed E-state index contributed by atoms with van der Waals surface area (Å²) in [4.78, 5) is 7.01. The lowest BCUT2D eigenvalue weighted by Gasteiger charge is -2.29. The van der Waals surface area contributed by atoms with E-state index < -0.39 is 0 Å². The number of likely N-dealkylation sites (tertiary alicyclic amines) is 1. The molecule has 2 aromatic heterocycles. The van der Waals surface area contributed by atoms with Crippen molar-refractivity contribution in [3.8, 4) is 0 Å². The van der Waals surface area contributed by atoms with Crippen LogP contribution in [0.25, 0.3) is 5.52 Å². The lowest BCUT2D eigenvalue weighted by molar-refractivity contribution is 0.207. The predicted molar refractivity (Wildman–Crippen MR) is 76.8 cm³/mol. The molecule has 0 aromatic carbocycles. The number of imidazole rings is 1. The van der Waals surface area contributed by atoms with Crippen molar-refractivity contribution >= 4 is 21.4 Å². The Morgan fingerprint density at radius 2 is 2.39 bits per heavy atom. The van der Waals surface area contributed by atoms with Crippen LogP contribution in [0.4, 0.5) is 0 Å². The number of hydrogen-bond donors (Lipinski definition) is 0. The van der Waals surface area contributed by atoms with E-state index in [1.807, 2.05) is 6.20 Å². The zero-order valence-corrected chi connectivity index (χ0v) is 12.2. The Balaban J connectivity index is 1.82. The zero-order chi connectivity index (χ0) is 12.5. The van der Waals surface area contributed by atoms with E-state index in [-0.39, 0.29) is 0 Å². The van der Waals surface area contributed by atoms with E-state index in [0.717, 1.165) is 16.8 Å². The van der Waals surface area contributed by atoms with Gasteiger partial charge in [-0.15, -0.1) is 0 Å². The molecule has 18 heavy (non-hydrogen) atoms. The van der Waals surface area contributed by atoms with E-state index >= 15 is 0 Å². The monoisotopic (exact) mass is 307 g/mol. The van der Waals surface area contributed by atoms with Gasteiger partial charge in [0.15, 0.2) is 0 Å². The van der Waals surface area contributed by atoms with Gasteiger partial charge in [-0.2, -0.15) is 0 Å². The molecule has 2 aromatic rings. The van der Waals surface area contributed by atoms with Gasteiger partial charge in [-0.25, -0.2) is 4.98 Å². The van der Waals surface area contributed by atoms with E-state index in [2.05, 4.69) is 55.6 Å². The summed E-state index contributed by atoms with van der Waals surface area (Å²) in [5.41, 5.74) is 1.17. The number of fused-ring (bicyclic) bond motifs is 1. The molecule has 96 valence electrons. The maximum Gasteiger partial charge on any atom is 0.113 e. The fourth-order valence-corrected chi connectivity index (χ4v) is 3.23. The van der Waals surface area contributed by atoms with Crippen molar-refractivity contribution < 1.29 is 0 Å². The standard InChI is InChI=1S/C14H18BrN3/c1-17-5-2-3-11(10-17)7-14-16-9-13-8-12(15)4-6-18(13)14/h4,6,8-9,11H,2-3,5,7,10H2,1H3. The van der Waals surface area contributed by atoms with Gasteiger partial charge in [0.2, 0.25) is 0 Å². The fraction of sp³-hybridized carbons (Fsp3) is 0.500.